The van der Waals surface area contributed by atoms with Crippen LogP contribution < -0.4 is 5.32 Å². The number of fused-ring (bicyclic) bond motifs is 1. The van der Waals surface area contributed by atoms with Gasteiger partial charge >= 0.3 is 0 Å². The smallest absolute Gasteiger partial charge is 0.0621 e. The maximum Gasteiger partial charge on any atom is 0.0621 e. The maximum atomic E-state index is 8.62. The van der Waals surface area contributed by atoms with Gasteiger partial charge in [0, 0.05) is 25.7 Å². The molecule has 0 amide bonds. The average molecular weight is 283 g/mol. The van der Waals surface area contributed by atoms with Gasteiger partial charge in [-0.3, -0.25) is 0 Å². The molecule has 1 aromatic carbocycles. The molecule has 3 heteroatoms. The highest BCUT2D eigenvalue weighted by Crippen LogP contribution is 2.21. The molecule has 0 aliphatic rings. The molecule has 0 atom stereocenters. The van der Waals surface area contributed by atoms with Crippen molar-refractivity contribution in [2.24, 2.45) is 5.92 Å². The van der Waals surface area contributed by atoms with Crippen molar-refractivity contribution >= 4 is 10.9 Å². The molecule has 3 nitrogen and oxygen atoms in total. The molecule has 0 saturated carbocycles. The Morgan fingerprint density at radius 1 is 1.24 bits per heavy atom. The van der Waals surface area contributed by atoms with Gasteiger partial charge in [-0.1, -0.05) is 32.0 Å². The zero-order valence-electron chi connectivity index (χ0n) is 13.1. The van der Waals surface area contributed by atoms with E-state index in [2.05, 4.69) is 60.3 Å². The second-order valence-corrected chi connectivity index (χ2v) is 6.00. The first-order valence-corrected chi connectivity index (χ1v) is 7.86. The molecule has 0 saturated heterocycles. The summed E-state index contributed by atoms with van der Waals surface area (Å²) in [6.07, 6.45) is 4.86. The predicted octanol–water partition coefficient (Wildman–Crippen LogP) is 4.08. The first-order valence-electron chi connectivity index (χ1n) is 7.86. The molecule has 0 spiro atoms. The lowest BCUT2D eigenvalue weighted by Gasteiger charge is -2.12. The number of hydrogen-bond acceptors (Lipinski definition) is 2. The highest BCUT2D eigenvalue weighted by molar-refractivity contribution is 5.83. The fraction of sp³-hybridized carbons (Fsp3) is 0.500. The predicted molar refractivity (Wildman–Crippen MR) is 87.9 cm³/mol. The summed E-state index contributed by atoms with van der Waals surface area (Å²) >= 11 is 0. The number of hydrogen-bond donors (Lipinski definition) is 1. The number of rotatable bonds is 8. The van der Waals surface area contributed by atoms with Crippen molar-refractivity contribution in [3.05, 3.63) is 36.0 Å². The summed E-state index contributed by atoms with van der Waals surface area (Å²) < 4.78 is 2.33. The molecule has 21 heavy (non-hydrogen) atoms. The zero-order valence-corrected chi connectivity index (χ0v) is 13.1. The number of aromatic nitrogens is 1. The largest absolute Gasteiger partial charge is 0.347 e. The molecule has 2 rings (SSSR count). The van der Waals surface area contributed by atoms with Crippen LogP contribution >= 0.6 is 0 Å². The SMILES string of the molecule is CC(C)CNCc1cccc2ccn(CCCCC#N)c12. The van der Waals surface area contributed by atoms with E-state index < -0.39 is 0 Å². The summed E-state index contributed by atoms with van der Waals surface area (Å²) in [6.45, 7) is 7.40. The molecule has 1 N–H and O–H groups in total. The van der Waals surface area contributed by atoms with E-state index in [1.807, 2.05) is 0 Å². The fourth-order valence-electron chi connectivity index (χ4n) is 2.65. The third-order valence-corrected chi connectivity index (χ3v) is 3.68. The van der Waals surface area contributed by atoms with E-state index >= 15 is 0 Å². The number of nitrogens with zero attached hydrogens (tertiary/aromatic N) is 2. The third kappa shape index (κ3) is 4.34. The summed E-state index contributed by atoms with van der Waals surface area (Å²) in [5, 5.41) is 13.5. The molecule has 2 aromatic rings. The first-order chi connectivity index (χ1) is 10.2. The standard InChI is InChI=1S/C18H25N3/c1-15(2)13-20-14-17-8-6-7-16-9-12-21(18(16)17)11-5-3-4-10-19/h6-9,12,15,20H,3-5,11,13-14H2,1-2H3. The molecule has 1 heterocycles. The lowest BCUT2D eigenvalue weighted by molar-refractivity contribution is 0.552. The van der Waals surface area contributed by atoms with Crippen molar-refractivity contribution in [3.8, 4) is 6.07 Å². The minimum absolute atomic E-state index is 0.655. The Bertz CT molecular complexity index is 604. The quantitative estimate of drug-likeness (QED) is 0.742. The van der Waals surface area contributed by atoms with Crippen molar-refractivity contribution in [1.82, 2.24) is 9.88 Å². The van der Waals surface area contributed by atoms with Gasteiger partial charge in [0.05, 0.1) is 11.6 Å². The van der Waals surface area contributed by atoms with Crippen LogP contribution in [0.15, 0.2) is 30.5 Å². The van der Waals surface area contributed by atoms with E-state index in [1.54, 1.807) is 0 Å². The van der Waals surface area contributed by atoms with Crippen LogP contribution in [0.5, 0.6) is 0 Å². The van der Waals surface area contributed by atoms with Gasteiger partial charge in [0.1, 0.15) is 0 Å². The normalized spacial score (nSPS) is 11.1. The highest BCUT2D eigenvalue weighted by atomic mass is 15.0. The van der Waals surface area contributed by atoms with E-state index in [0.717, 1.165) is 32.5 Å². The van der Waals surface area contributed by atoms with Gasteiger partial charge in [0.2, 0.25) is 0 Å². The van der Waals surface area contributed by atoms with Crippen LogP contribution in [0.4, 0.5) is 0 Å². The van der Waals surface area contributed by atoms with E-state index in [9.17, 15) is 0 Å². The lowest BCUT2D eigenvalue weighted by Crippen LogP contribution is -2.19. The van der Waals surface area contributed by atoms with Crippen LogP contribution in [0.25, 0.3) is 10.9 Å². The van der Waals surface area contributed by atoms with Gasteiger partial charge in [0.25, 0.3) is 0 Å². The molecular weight excluding hydrogens is 258 g/mol. The molecular formula is C18H25N3. The number of nitrogens with one attached hydrogen (secondary N) is 1. The van der Waals surface area contributed by atoms with Gasteiger partial charge in [-0.2, -0.15) is 5.26 Å². The van der Waals surface area contributed by atoms with Crippen LogP contribution in [0, 0.1) is 17.2 Å². The minimum atomic E-state index is 0.655. The maximum absolute atomic E-state index is 8.62. The summed E-state index contributed by atoms with van der Waals surface area (Å²) in [4.78, 5) is 0. The Balaban J connectivity index is 2.09. The Hall–Kier alpha value is -1.79. The molecule has 0 unspecified atom stereocenters. The van der Waals surface area contributed by atoms with Crippen LogP contribution in [0.2, 0.25) is 0 Å². The molecule has 1 aromatic heterocycles. The van der Waals surface area contributed by atoms with Crippen LogP contribution in [0.3, 0.4) is 0 Å². The number of benzene rings is 1. The molecule has 112 valence electrons. The van der Waals surface area contributed by atoms with Crippen molar-refractivity contribution in [1.29, 1.82) is 5.26 Å². The van der Waals surface area contributed by atoms with Crippen molar-refractivity contribution < 1.29 is 0 Å². The van der Waals surface area contributed by atoms with E-state index in [-0.39, 0.29) is 0 Å². The van der Waals surface area contributed by atoms with E-state index in [1.165, 1.54) is 16.5 Å². The molecule has 0 radical (unpaired) electrons. The summed E-state index contributed by atoms with van der Waals surface area (Å²) in [6, 6.07) is 10.9. The first kappa shape index (κ1) is 15.6. The van der Waals surface area contributed by atoms with Gasteiger partial charge in [-0.05, 0) is 42.3 Å². The second-order valence-electron chi connectivity index (χ2n) is 6.00. The van der Waals surface area contributed by atoms with Crippen LogP contribution in [0.1, 0.15) is 38.7 Å². The van der Waals surface area contributed by atoms with Crippen molar-refractivity contribution in [2.75, 3.05) is 6.54 Å². The van der Waals surface area contributed by atoms with Crippen LogP contribution in [-0.4, -0.2) is 11.1 Å². The highest BCUT2D eigenvalue weighted by Gasteiger charge is 2.06. The minimum Gasteiger partial charge on any atom is -0.347 e. The number of para-hydroxylation sites is 1. The molecule has 0 fully saturated rings. The summed E-state index contributed by atoms with van der Waals surface area (Å²) in [7, 11) is 0. The Labute approximate surface area is 127 Å². The number of nitriles is 1. The number of aryl methyl sites for hydroxylation is 1. The monoisotopic (exact) mass is 283 g/mol. The second kappa shape index (κ2) is 7.85. The van der Waals surface area contributed by atoms with Crippen molar-refractivity contribution in [3.63, 3.8) is 0 Å². The Kier molecular flexibility index (Phi) is 5.83. The molecule has 0 aliphatic carbocycles. The Morgan fingerprint density at radius 3 is 2.86 bits per heavy atom. The molecule has 0 aliphatic heterocycles. The zero-order chi connectivity index (χ0) is 15.1. The van der Waals surface area contributed by atoms with Crippen LogP contribution in [-0.2, 0) is 13.1 Å². The number of unbranched alkanes of at least 4 members (excludes halogenated alkanes) is 2. The average Bonchev–Trinajstić information content (AvgIpc) is 2.87. The molecule has 0 bridgehead atoms. The summed E-state index contributed by atoms with van der Waals surface area (Å²) in [5.41, 5.74) is 2.70. The lowest BCUT2D eigenvalue weighted by atomic mass is 10.1. The van der Waals surface area contributed by atoms with E-state index in [4.69, 9.17) is 5.26 Å². The summed E-state index contributed by atoms with van der Waals surface area (Å²) in [5.74, 6) is 0.668. The van der Waals surface area contributed by atoms with Crippen molar-refractivity contribution in [2.45, 2.75) is 46.2 Å². The van der Waals surface area contributed by atoms with Gasteiger partial charge in [-0.15, -0.1) is 0 Å². The third-order valence-electron chi connectivity index (χ3n) is 3.68. The topological polar surface area (TPSA) is 40.8 Å². The van der Waals surface area contributed by atoms with Gasteiger partial charge in [-0.25, -0.2) is 0 Å². The van der Waals surface area contributed by atoms with Gasteiger partial charge in [0.15, 0.2) is 0 Å². The fourth-order valence-corrected chi connectivity index (χ4v) is 2.65. The van der Waals surface area contributed by atoms with Gasteiger partial charge < -0.3 is 9.88 Å². The Morgan fingerprint density at radius 2 is 2.10 bits per heavy atom. The van der Waals surface area contributed by atoms with E-state index in [0.29, 0.717) is 12.3 Å².